The van der Waals surface area contributed by atoms with Gasteiger partial charge in [-0.25, -0.2) is 4.79 Å². The van der Waals surface area contributed by atoms with E-state index in [0.29, 0.717) is 19.5 Å². The number of rotatable bonds is 7. The third kappa shape index (κ3) is 5.27. The van der Waals surface area contributed by atoms with Gasteiger partial charge in [0.15, 0.2) is 0 Å². The standard InChI is InChI=1S/C18H26N2O3/c1-2-3-7-12-19-17(21)16-11-8-13-20(16)18(22)23-14-15-9-5-4-6-10-15/h4-6,9-10,16H,2-3,7-8,11-14H2,1H3,(H,19,21). The summed E-state index contributed by atoms with van der Waals surface area (Å²) in [7, 11) is 0. The Bertz CT molecular complexity index is 504. The second-order valence-electron chi connectivity index (χ2n) is 5.89. The molecule has 1 aliphatic rings. The van der Waals surface area contributed by atoms with Crippen molar-refractivity contribution in [1.29, 1.82) is 0 Å². The number of unbranched alkanes of at least 4 members (excludes halogenated alkanes) is 2. The number of nitrogens with one attached hydrogen (secondary N) is 1. The highest BCUT2D eigenvalue weighted by atomic mass is 16.6. The van der Waals surface area contributed by atoms with E-state index in [-0.39, 0.29) is 18.6 Å². The number of amides is 2. The lowest BCUT2D eigenvalue weighted by molar-refractivity contribution is -0.125. The first-order valence-corrected chi connectivity index (χ1v) is 8.47. The molecule has 2 amide bonds. The van der Waals surface area contributed by atoms with Crippen LogP contribution in [0.4, 0.5) is 4.79 Å². The Kier molecular flexibility index (Phi) is 6.91. The summed E-state index contributed by atoms with van der Waals surface area (Å²) in [6, 6.07) is 9.17. The van der Waals surface area contributed by atoms with Gasteiger partial charge < -0.3 is 10.1 Å². The third-order valence-electron chi connectivity index (χ3n) is 4.07. The summed E-state index contributed by atoms with van der Waals surface area (Å²) in [6.45, 7) is 3.63. The van der Waals surface area contributed by atoms with E-state index in [0.717, 1.165) is 31.2 Å². The normalized spacial score (nSPS) is 17.1. The summed E-state index contributed by atoms with van der Waals surface area (Å²) in [6.07, 6.45) is 4.35. The third-order valence-corrected chi connectivity index (χ3v) is 4.07. The number of carbonyl (C=O) groups excluding carboxylic acids is 2. The Labute approximate surface area is 138 Å². The van der Waals surface area contributed by atoms with Crippen LogP contribution in [-0.4, -0.2) is 36.0 Å². The quantitative estimate of drug-likeness (QED) is 0.786. The van der Waals surface area contributed by atoms with Gasteiger partial charge in [-0.2, -0.15) is 0 Å². The first-order valence-electron chi connectivity index (χ1n) is 8.47. The van der Waals surface area contributed by atoms with E-state index in [1.807, 2.05) is 30.3 Å². The zero-order valence-corrected chi connectivity index (χ0v) is 13.8. The van der Waals surface area contributed by atoms with Crippen LogP contribution in [0.5, 0.6) is 0 Å². The molecule has 23 heavy (non-hydrogen) atoms. The van der Waals surface area contributed by atoms with Gasteiger partial charge in [-0.15, -0.1) is 0 Å². The molecule has 2 rings (SSSR count). The summed E-state index contributed by atoms with van der Waals surface area (Å²) in [5.41, 5.74) is 0.945. The zero-order valence-electron chi connectivity index (χ0n) is 13.8. The lowest BCUT2D eigenvalue weighted by Gasteiger charge is -2.23. The maximum atomic E-state index is 12.2. The molecule has 126 valence electrons. The SMILES string of the molecule is CCCCCNC(=O)C1CCCN1C(=O)OCc1ccccc1. The first kappa shape index (κ1) is 17.3. The predicted molar refractivity (Wildman–Crippen MR) is 88.9 cm³/mol. The first-order chi connectivity index (χ1) is 11.2. The molecule has 0 bridgehead atoms. The van der Waals surface area contributed by atoms with Crippen molar-refractivity contribution in [2.24, 2.45) is 0 Å². The van der Waals surface area contributed by atoms with Gasteiger partial charge in [-0.3, -0.25) is 9.69 Å². The van der Waals surface area contributed by atoms with Crippen molar-refractivity contribution in [3.05, 3.63) is 35.9 Å². The van der Waals surface area contributed by atoms with Crippen LogP contribution in [0.25, 0.3) is 0 Å². The molecule has 1 N–H and O–H groups in total. The number of nitrogens with zero attached hydrogens (tertiary/aromatic N) is 1. The molecule has 1 fully saturated rings. The number of carbonyl (C=O) groups is 2. The molecular formula is C18H26N2O3. The fourth-order valence-corrected chi connectivity index (χ4v) is 2.76. The van der Waals surface area contributed by atoms with Crippen molar-refractivity contribution in [1.82, 2.24) is 10.2 Å². The van der Waals surface area contributed by atoms with E-state index in [2.05, 4.69) is 12.2 Å². The summed E-state index contributed by atoms with van der Waals surface area (Å²) < 4.78 is 5.34. The van der Waals surface area contributed by atoms with Gasteiger partial charge in [0.25, 0.3) is 0 Å². The lowest BCUT2D eigenvalue weighted by Crippen LogP contribution is -2.46. The Hall–Kier alpha value is -2.04. The molecule has 0 aliphatic carbocycles. The Morgan fingerprint density at radius 2 is 2.04 bits per heavy atom. The molecule has 5 nitrogen and oxygen atoms in total. The number of ether oxygens (including phenoxy) is 1. The molecule has 1 unspecified atom stereocenters. The highest BCUT2D eigenvalue weighted by Gasteiger charge is 2.34. The van der Waals surface area contributed by atoms with Crippen LogP contribution >= 0.6 is 0 Å². The maximum absolute atomic E-state index is 12.2. The summed E-state index contributed by atoms with van der Waals surface area (Å²) in [4.78, 5) is 26.0. The summed E-state index contributed by atoms with van der Waals surface area (Å²) >= 11 is 0. The Morgan fingerprint density at radius 1 is 1.26 bits per heavy atom. The largest absolute Gasteiger partial charge is 0.445 e. The van der Waals surface area contributed by atoms with Crippen LogP contribution in [0.3, 0.4) is 0 Å². The fourth-order valence-electron chi connectivity index (χ4n) is 2.76. The fraction of sp³-hybridized carbons (Fsp3) is 0.556. The predicted octanol–water partition coefficient (Wildman–Crippen LogP) is 3.09. The molecule has 1 heterocycles. The topological polar surface area (TPSA) is 58.6 Å². The number of benzene rings is 1. The summed E-state index contributed by atoms with van der Waals surface area (Å²) in [5.74, 6) is -0.0599. The van der Waals surface area contributed by atoms with Gasteiger partial charge in [-0.1, -0.05) is 50.1 Å². The maximum Gasteiger partial charge on any atom is 0.410 e. The minimum Gasteiger partial charge on any atom is -0.445 e. The van der Waals surface area contributed by atoms with Crippen LogP contribution in [0.1, 0.15) is 44.6 Å². The number of likely N-dealkylation sites (tertiary alicyclic amines) is 1. The van der Waals surface area contributed by atoms with Gasteiger partial charge >= 0.3 is 6.09 Å². The van der Waals surface area contributed by atoms with E-state index in [9.17, 15) is 9.59 Å². The van der Waals surface area contributed by atoms with E-state index < -0.39 is 6.09 Å². The molecule has 1 aliphatic heterocycles. The lowest BCUT2D eigenvalue weighted by atomic mass is 10.2. The van der Waals surface area contributed by atoms with E-state index in [1.165, 1.54) is 0 Å². The molecular weight excluding hydrogens is 292 g/mol. The van der Waals surface area contributed by atoms with Crippen molar-refractivity contribution in [3.8, 4) is 0 Å². The minimum absolute atomic E-state index is 0.0599. The van der Waals surface area contributed by atoms with Gasteiger partial charge in [0.05, 0.1) is 0 Å². The highest BCUT2D eigenvalue weighted by molar-refractivity contribution is 5.86. The molecule has 0 spiro atoms. The smallest absolute Gasteiger partial charge is 0.410 e. The monoisotopic (exact) mass is 318 g/mol. The minimum atomic E-state index is -0.403. The van der Waals surface area contributed by atoms with Crippen molar-refractivity contribution in [2.75, 3.05) is 13.1 Å². The molecule has 0 radical (unpaired) electrons. The number of hydrogen-bond donors (Lipinski definition) is 1. The average Bonchev–Trinajstić information content (AvgIpc) is 3.07. The second kappa shape index (κ2) is 9.18. The van der Waals surface area contributed by atoms with Crippen LogP contribution in [0.2, 0.25) is 0 Å². The highest BCUT2D eigenvalue weighted by Crippen LogP contribution is 2.19. The van der Waals surface area contributed by atoms with Crippen molar-refractivity contribution in [3.63, 3.8) is 0 Å². The van der Waals surface area contributed by atoms with E-state index >= 15 is 0 Å². The van der Waals surface area contributed by atoms with E-state index in [4.69, 9.17) is 4.74 Å². The molecule has 1 aromatic carbocycles. The molecule has 1 aromatic rings. The van der Waals surface area contributed by atoms with Crippen LogP contribution in [-0.2, 0) is 16.1 Å². The van der Waals surface area contributed by atoms with Crippen molar-refractivity contribution >= 4 is 12.0 Å². The van der Waals surface area contributed by atoms with Crippen LogP contribution in [0, 0.1) is 0 Å². The zero-order chi connectivity index (χ0) is 16.5. The van der Waals surface area contributed by atoms with Gasteiger partial charge in [-0.05, 0) is 24.8 Å². The van der Waals surface area contributed by atoms with Crippen molar-refractivity contribution in [2.45, 2.75) is 51.7 Å². The van der Waals surface area contributed by atoms with Gasteiger partial charge in [0.1, 0.15) is 12.6 Å². The van der Waals surface area contributed by atoms with Gasteiger partial charge in [0.2, 0.25) is 5.91 Å². The molecule has 5 heteroatoms. The Balaban J connectivity index is 1.80. The Morgan fingerprint density at radius 3 is 2.78 bits per heavy atom. The van der Waals surface area contributed by atoms with Crippen LogP contribution < -0.4 is 5.32 Å². The number of hydrogen-bond acceptors (Lipinski definition) is 3. The second-order valence-corrected chi connectivity index (χ2v) is 5.89. The molecule has 1 saturated heterocycles. The van der Waals surface area contributed by atoms with E-state index in [1.54, 1.807) is 4.90 Å². The van der Waals surface area contributed by atoms with Crippen molar-refractivity contribution < 1.29 is 14.3 Å². The molecule has 0 aromatic heterocycles. The molecule has 1 atom stereocenters. The van der Waals surface area contributed by atoms with Gasteiger partial charge in [0, 0.05) is 13.1 Å². The summed E-state index contributed by atoms with van der Waals surface area (Å²) in [5, 5.41) is 2.93. The van der Waals surface area contributed by atoms with Crippen LogP contribution in [0.15, 0.2) is 30.3 Å². The molecule has 0 saturated carbocycles. The average molecular weight is 318 g/mol.